The van der Waals surface area contributed by atoms with E-state index in [-0.39, 0.29) is 5.57 Å². The first-order chi connectivity index (χ1) is 10.9. The summed E-state index contributed by atoms with van der Waals surface area (Å²) in [5.74, 6) is -4.03. The Hall–Kier alpha value is -2.63. The van der Waals surface area contributed by atoms with Gasteiger partial charge in [0.15, 0.2) is 0 Å². The molecule has 23 heavy (non-hydrogen) atoms. The molecule has 4 N–H and O–H groups in total. The van der Waals surface area contributed by atoms with E-state index in [0.717, 1.165) is 6.42 Å². The fourth-order valence-corrected chi connectivity index (χ4v) is 3.05. The number of aliphatic carboxylic acids is 2. The first kappa shape index (κ1) is 16.7. The lowest BCUT2D eigenvalue weighted by atomic mass is 9.75. The van der Waals surface area contributed by atoms with Gasteiger partial charge < -0.3 is 15.9 Å². The molecule has 0 radical (unpaired) electrons. The molecule has 0 fully saturated rings. The maximum absolute atomic E-state index is 11.8. The summed E-state index contributed by atoms with van der Waals surface area (Å²) in [5.41, 5.74) is 7.76. The molecular weight excluding hydrogens is 296 g/mol. The predicted octanol–water partition coefficient (Wildman–Crippen LogP) is 2.67. The van der Waals surface area contributed by atoms with E-state index in [4.69, 9.17) is 5.73 Å². The van der Waals surface area contributed by atoms with Crippen LogP contribution in [-0.4, -0.2) is 27.9 Å². The molecule has 1 aliphatic heterocycles. The number of hydrogen-bond donors (Lipinski definition) is 3. The second kappa shape index (κ2) is 6.64. The summed E-state index contributed by atoms with van der Waals surface area (Å²) in [7, 11) is 0. The van der Waals surface area contributed by atoms with E-state index in [1.54, 1.807) is 31.2 Å². The molecule has 0 amide bonds. The largest absolute Gasteiger partial charge is 0.481 e. The first-order valence-corrected chi connectivity index (χ1v) is 7.46. The monoisotopic (exact) mass is 316 g/mol. The molecule has 2 rings (SSSR count). The second-order valence-electron chi connectivity index (χ2n) is 5.63. The smallest absolute Gasteiger partial charge is 0.334 e. The summed E-state index contributed by atoms with van der Waals surface area (Å²) in [5, 5.41) is 19.3. The molecule has 6 heteroatoms. The third-order valence-corrected chi connectivity index (χ3v) is 3.97. The third kappa shape index (κ3) is 3.26. The standard InChI is InChI=1S/C17H20N2O4/c1-3-5-12-15(17(22)23)14(10-6-4-7-11(18)8-10)13(16(20)21)9(2)19-12/h4,6-8,13-14H,3,5,18H2,1-2H3,(H,20,21)(H,22,23). The van der Waals surface area contributed by atoms with Crippen LogP contribution in [0.25, 0.3) is 0 Å². The van der Waals surface area contributed by atoms with E-state index in [0.29, 0.717) is 29.1 Å². The maximum atomic E-state index is 11.8. The number of allylic oxidation sites excluding steroid dienone is 1. The molecular formula is C17H20N2O4. The number of rotatable bonds is 5. The highest BCUT2D eigenvalue weighted by atomic mass is 16.4. The number of nitrogens with two attached hydrogens (primary N) is 1. The number of nitrogen functional groups attached to an aromatic ring is 1. The molecule has 0 spiro atoms. The summed E-state index contributed by atoms with van der Waals surface area (Å²) in [6.45, 7) is 3.56. The highest BCUT2D eigenvalue weighted by Gasteiger charge is 2.41. The fourth-order valence-electron chi connectivity index (χ4n) is 3.05. The number of carboxylic acids is 2. The Bertz CT molecular complexity index is 706. The van der Waals surface area contributed by atoms with Gasteiger partial charge in [0.25, 0.3) is 0 Å². The Morgan fingerprint density at radius 2 is 2.00 bits per heavy atom. The number of anilines is 1. The van der Waals surface area contributed by atoms with E-state index in [9.17, 15) is 19.8 Å². The van der Waals surface area contributed by atoms with Crippen molar-refractivity contribution < 1.29 is 19.8 Å². The van der Waals surface area contributed by atoms with Crippen LogP contribution in [0.2, 0.25) is 0 Å². The van der Waals surface area contributed by atoms with Gasteiger partial charge in [0.1, 0.15) is 5.92 Å². The number of hydrogen-bond acceptors (Lipinski definition) is 4. The van der Waals surface area contributed by atoms with Gasteiger partial charge in [-0.05, 0) is 31.0 Å². The number of carbonyl (C=O) groups is 2. The Labute approximate surface area is 134 Å². The minimum Gasteiger partial charge on any atom is -0.481 e. The highest BCUT2D eigenvalue weighted by Crippen LogP contribution is 2.40. The van der Waals surface area contributed by atoms with Crippen LogP contribution in [0.15, 0.2) is 40.5 Å². The van der Waals surface area contributed by atoms with Crippen LogP contribution in [0.5, 0.6) is 0 Å². The zero-order valence-corrected chi connectivity index (χ0v) is 13.1. The Morgan fingerprint density at radius 1 is 1.30 bits per heavy atom. The maximum Gasteiger partial charge on any atom is 0.334 e. The lowest BCUT2D eigenvalue weighted by Crippen LogP contribution is -2.35. The van der Waals surface area contributed by atoms with Crippen molar-refractivity contribution in [2.45, 2.75) is 32.6 Å². The first-order valence-electron chi connectivity index (χ1n) is 7.46. The normalized spacial score (nSPS) is 21.0. The van der Waals surface area contributed by atoms with Crippen LogP contribution >= 0.6 is 0 Å². The van der Waals surface area contributed by atoms with Gasteiger partial charge in [-0.3, -0.25) is 9.79 Å². The molecule has 0 aliphatic carbocycles. The molecule has 1 heterocycles. The lowest BCUT2D eigenvalue weighted by Gasteiger charge is -2.30. The van der Waals surface area contributed by atoms with Gasteiger partial charge in [0.05, 0.1) is 11.3 Å². The van der Waals surface area contributed by atoms with Crippen LogP contribution in [0.3, 0.4) is 0 Å². The van der Waals surface area contributed by atoms with Crippen molar-refractivity contribution in [1.29, 1.82) is 0 Å². The summed E-state index contributed by atoms with van der Waals surface area (Å²) in [6.07, 6.45) is 1.22. The third-order valence-electron chi connectivity index (χ3n) is 3.97. The highest BCUT2D eigenvalue weighted by molar-refractivity contribution is 6.06. The van der Waals surface area contributed by atoms with Crippen molar-refractivity contribution >= 4 is 23.3 Å². The van der Waals surface area contributed by atoms with Gasteiger partial charge in [-0.15, -0.1) is 0 Å². The Kier molecular flexibility index (Phi) is 4.83. The summed E-state index contributed by atoms with van der Waals surface area (Å²) in [4.78, 5) is 27.8. The average molecular weight is 316 g/mol. The van der Waals surface area contributed by atoms with Gasteiger partial charge in [-0.2, -0.15) is 0 Å². The Morgan fingerprint density at radius 3 is 2.52 bits per heavy atom. The van der Waals surface area contributed by atoms with E-state index >= 15 is 0 Å². The van der Waals surface area contributed by atoms with E-state index in [1.807, 2.05) is 6.92 Å². The zero-order chi connectivity index (χ0) is 17.1. The van der Waals surface area contributed by atoms with Crippen molar-refractivity contribution in [2.24, 2.45) is 10.9 Å². The van der Waals surface area contributed by atoms with Gasteiger partial charge in [0, 0.05) is 17.3 Å². The van der Waals surface area contributed by atoms with Gasteiger partial charge >= 0.3 is 11.9 Å². The van der Waals surface area contributed by atoms with E-state index in [2.05, 4.69) is 4.99 Å². The molecule has 2 unspecified atom stereocenters. The van der Waals surface area contributed by atoms with Crippen LogP contribution in [-0.2, 0) is 9.59 Å². The van der Waals surface area contributed by atoms with E-state index < -0.39 is 23.8 Å². The van der Waals surface area contributed by atoms with Crippen molar-refractivity contribution in [3.8, 4) is 0 Å². The summed E-state index contributed by atoms with van der Waals surface area (Å²) < 4.78 is 0. The van der Waals surface area contributed by atoms with Crippen LogP contribution < -0.4 is 5.73 Å². The number of nitrogens with zero attached hydrogens (tertiary/aromatic N) is 1. The zero-order valence-electron chi connectivity index (χ0n) is 13.1. The predicted molar refractivity (Wildman–Crippen MR) is 87.4 cm³/mol. The molecule has 122 valence electrons. The minimum absolute atomic E-state index is 0.0513. The minimum atomic E-state index is -1.14. The van der Waals surface area contributed by atoms with E-state index in [1.165, 1.54) is 0 Å². The molecule has 0 bridgehead atoms. The summed E-state index contributed by atoms with van der Waals surface area (Å²) >= 11 is 0. The molecule has 1 aromatic carbocycles. The van der Waals surface area contributed by atoms with Gasteiger partial charge in [0.2, 0.25) is 0 Å². The van der Waals surface area contributed by atoms with Crippen LogP contribution in [0.1, 0.15) is 38.2 Å². The molecule has 0 saturated heterocycles. The fraction of sp³-hybridized carbons (Fsp3) is 0.353. The number of aliphatic imine (C=N–C) groups is 1. The van der Waals surface area contributed by atoms with Crippen molar-refractivity contribution in [3.63, 3.8) is 0 Å². The van der Waals surface area contributed by atoms with Gasteiger partial charge in [-0.25, -0.2) is 4.79 Å². The average Bonchev–Trinajstić information content (AvgIpc) is 2.45. The van der Waals surface area contributed by atoms with Crippen molar-refractivity contribution in [1.82, 2.24) is 0 Å². The molecule has 0 saturated carbocycles. The van der Waals surface area contributed by atoms with Crippen molar-refractivity contribution in [3.05, 3.63) is 41.1 Å². The molecule has 2 atom stereocenters. The molecule has 1 aliphatic rings. The quantitative estimate of drug-likeness (QED) is 0.723. The SMILES string of the molecule is CCCC1=C(C(=O)O)C(c2cccc(N)c2)C(C(=O)O)C(C)=N1. The Balaban J connectivity index is 2.70. The lowest BCUT2D eigenvalue weighted by molar-refractivity contribution is -0.140. The number of carboxylic acid groups (broad SMARTS) is 2. The molecule has 0 aromatic heterocycles. The molecule has 1 aromatic rings. The van der Waals surface area contributed by atoms with Crippen LogP contribution in [0, 0.1) is 5.92 Å². The number of benzene rings is 1. The van der Waals surface area contributed by atoms with Crippen molar-refractivity contribution in [2.75, 3.05) is 5.73 Å². The van der Waals surface area contributed by atoms with Crippen LogP contribution in [0.4, 0.5) is 5.69 Å². The summed E-state index contributed by atoms with van der Waals surface area (Å²) in [6, 6.07) is 6.72. The second-order valence-corrected chi connectivity index (χ2v) is 5.63. The molecule has 6 nitrogen and oxygen atoms in total. The van der Waals surface area contributed by atoms with Gasteiger partial charge in [-0.1, -0.05) is 25.5 Å². The topological polar surface area (TPSA) is 113 Å².